The highest BCUT2D eigenvalue weighted by atomic mass is 16.5. The van der Waals surface area contributed by atoms with Crippen molar-refractivity contribution in [3.8, 4) is 5.75 Å². The first-order chi connectivity index (χ1) is 10.3. The zero-order valence-electron chi connectivity index (χ0n) is 13.4. The molecule has 0 amide bonds. The number of ether oxygens (including phenoxy) is 1. The molecule has 0 spiro atoms. The van der Waals surface area contributed by atoms with E-state index < -0.39 is 0 Å². The van der Waals surface area contributed by atoms with Gasteiger partial charge in [0.1, 0.15) is 5.75 Å². The van der Waals surface area contributed by atoms with Crippen LogP contribution < -0.4 is 9.64 Å². The molecule has 2 fully saturated rings. The molecule has 1 aromatic rings. The monoisotopic (exact) mass is 288 g/mol. The Morgan fingerprint density at radius 2 is 1.81 bits per heavy atom. The minimum atomic E-state index is 0.827. The lowest BCUT2D eigenvalue weighted by atomic mass is 9.86. The van der Waals surface area contributed by atoms with Gasteiger partial charge in [-0.3, -0.25) is 4.90 Å². The van der Waals surface area contributed by atoms with Crippen molar-refractivity contribution in [2.45, 2.75) is 38.6 Å². The molecule has 1 heterocycles. The highest BCUT2D eigenvalue weighted by molar-refractivity contribution is 5.58. The van der Waals surface area contributed by atoms with E-state index in [1.807, 2.05) is 6.07 Å². The molecule has 0 aromatic heterocycles. The Hall–Kier alpha value is -1.22. The van der Waals surface area contributed by atoms with Gasteiger partial charge in [-0.2, -0.15) is 0 Å². The van der Waals surface area contributed by atoms with E-state index in [0.29, 0.717) is 0 Å². The molecule has 1 aliphatic carbocycles. The van der Waals surface area contributed by atoms with Crippen LogP contribution in [0.1, 0.15) is 32.6 Å². The zero-order valence-corrected chi connectivity index (χ0v) is 13.4. The number of methoxy groups -OCH3 is 1. The summed E-state index contributed by atoms with van der Waals surface area (Å²) in [4.78, 5) is 5.20. The Balaban J connectivity index is 1.60. The number of piperazine rings is 1. The van der Waals surface area contributed by atoms with E-state index in [1.165, 1.54) is 44.5 Å². The molecule has 2 aliphatic rings. The van der Waals surface area contributed by atoms with Crippen LogP contribution in [0.4, 0.5) is 5.69 Å². The topological polar surface area (TPSA) is 15.7 Å². The number of para-hydroxylation sites is 2. The zero-order chi connectivity index (χ0) is 14.7. The van der Waals surface area contributed by atoms with Gasteiger partial charge in [-0.05, 0) is 30.9 Å². The van der Waals surface area contributed by atoms with Gasteiger partial charge in [0.2, 0.25) is 0 Å². The second-order valence-corrected chi connectivity index (χ2v) is 6.62. The largest absolute Gasteiger partial charge is 0.495 e. The van der Waals surface area contributed by atoms with Crippen molar-refractivity contribution < 1.29 is 4.74 Å². The maximum atomic E-state index is 5.50. The van der Waals surface area contributed by atoms with E-state index in [-0.39, 0.29) is 0 Å². The summed E-state index contributed by atoms with van der Waals surface area (Å²) < 4.78 is 5.50. The SMILES string of the molecule is COc1ccccc1N1CCN([C@@H]2CCC[C@H](C)C2)CC1. The molecule has 21 heavy (non-hydrogen) atoms. The van der Waals surface area contributed by atoms with Crippen LogP contribution >= 0.6 is 0 Å². The number of hydrogen-bond acceptors (Lipinski definition) is 3. The van der Waals surface area contributed by atoms with E-state index in [0.717, 1.165) is 30.8 Å². The normalized spacial score (nSPS) is 27.6. The lowest BCUT2D eigenvalue weighted by Gasteiger charge is -2.42. The summed E-state index contributed by atoms with van der Waals surface area (Å²) in [5.74, 6) is 1.91. The molecular formula is C18H28N2O. The number of rotatable bonds is 3. The third-order valence-electron chi connectivity index (χ3n) is 5.17. The van der Waals surface area contributed by atoms with E-state index in [9.17, 15) is 0 Å². The van der Waals surface area contributed by atoms with Gasteiger partial charge in [-0.15, -0.1) is 0 Å². The van der Waals surface area contributed by atoms with Crippen molar-refractivity contribution >= 4 is 5.69 Å². The lowest BCUT2D eigenvalue weighted by molar-refractivity contribution is 0.127. The van der Waals surface area contributed by atoms with Crippen molar-refractivity contribution in [2.75, 3.05) is 38.2 Å². The number of hydrogen-bond donors (Lipinski definition) is 0. The van der Waals surface area contributed by atoms with Crippen molar-refractivity contribution in [3.63, 3.8) is 0 Å². The molecule has 0 unspecified atom stereocenters. The second kappa shape index (κ2) is 6.69. The van der Waals surface area contributed by atoms with Gasteiger partial charge in [0.05, 0.1) is 12.8 Å². The standard InChI is InChI=1S/C18H28N2O/c1-15-6-5-7-16(14-15)19-10-12-20(13-11-19)17-8-3-4-9-18(17)21-2/h3-4,8-9,15-16H,5-7,10-14H2,1-2H3/t15-,16+/m0/s1. The van der Waals surface area contributed by atoms with Gasteiger partial charge in [0, 0.05) is 32.2 Å². The molecule has 0 radical (unpaired) electrons. The Bertz CT molecular complexity index is 454. The molecule has 3 heteroatoms. The minimum Gasteiger partial charge on any atom is -0.495 e. The first-order valence-corrected chi connectivity index (χ1v) is 8.40. The van der Waals surface area contributed by atoms with E-state index in [2.05, 4.69) is 34.9 Å². The van der Waals surface area contributed by atoms with Gasteiger partial charge in [-0.25, -0.2) is 0 Å². The Morgan fingerprint density at radius 1 is 1.05 bits per heavy atom. The van der Waals surface area contributed by atoms with Gasteiger partial charge in [0.25, 0.3) is 0 Å². The summed E-state index contributed by atoms with van der Waals surface area (Å²) in [7, 11) is 1.76. The highest BCUT2D eigenvalue weighted by Crippen LogP contribution is 2.31. The van der Waals surface area contributed by atoms with Crippen LogP contribution in [-0.4, -0.2) is 44.2 Å². The van der Waals surface area contributed by atoms with Gasteiger partial charge >= 0.3 is 0 Å². The van der Waals surface area contributed by atoms with E-state index in [1.54, 1.807) is 7.11 Å². The molecule has 2 atom stereocenters. The van der Waals surface area contributed by atoms with Crippen LogP contribution in [0, 0.1) is 5.92 Å². The van der Waals surface area contributed by atoms with Crippen LogP contribution in [-0.2, 0) is 0 Å². The van der Waals surface area contributed by atoms with Crippen LogP contribution in [0.3, 0.4) is 0 Å². The average Bonchev–Trinajstić information content (AvgIpc) is 2.55. The minimum absolute atomic E-state index is 0.827. The summed E-state index contributed by atoms with van der Waals surface area (Å²) in [6.45, 7) is 7.03. The fourth-order valence-electron chi connectivity index (χ4n) is 3.95. The number of nitrogens with zero attached hydrogens (tertiary/aromatic N) is 2. The molecule has 1 aromatic carbocycles. The maximum absolute atomic E-state index is 5.50. The van der Waals surface area contributed by atoms with Crippen LogP contribution in [0.5, 0.6) is 5.75 Å². The molecule has 0 N–H and O–H groups in total. The fraction of sp³-hybridized carbons (Fsp3) is 0.667. The van der Waals surface area contributed by atoms with E-state index in [4.69, 9.17) is 4.74 Å². The smallest absolute Gasteiger partial charge is 0.142 e. The quantitative estimate of drug-likeness (QED) is 0.848. The second-order valence-electron chi connectivity index (χ2n) is 6.62. The third kappa shape index (κ3) is 3.34. The highest BCUT2D eigenvalue weighted by Gasteiger charge is 2.28. The van der Waals surface area contributed by atoms with Crippen molar-refractivity contribution in [3.05, 3.63) is 24.3 Å². The van der Waals surface area contributed by atoms with Gasteiger partial charge < -0.3 is 9.64 Å². The number of anilines is 1. The molecule has 0 bridgehead atoms. The average molecular weight is 288 g/mol. The van der Waals surface area contributed by atoms with Crippen LogP contribution in [0.25, 0.3) is 0 Å². The Labute approximate surface area is 128 Å². The molecule has 1 saturated carbocycles. The van der Waals surface area contributed by atoms with Gasteiger partial charge in [-0.1, -0.05) is 31.9 Å². The van der Waals surface area contributed by atoms with Crippen molar-refractivity contribution in [1.82, 2.24) is 4.90 Å². The molecule has 1 saturated heterocycles. The van der Waals surface area contributed by atoms with Crippen molar-refractivity contribution in [2.24, 2.45) is 5.92 Å². The maximum Gasteiger partial charge on any atom is 0.142 e. The Kier molecular flexibility index (Phi) is 4.69. The third-order valence-corrected chi connectivity index (χ3v) is 5.17. The Morgan fingerprint density at radius 3 is 2.52 bits per heavy atom. The summed E-state index contributed by atoms with van der Waals surface area (Å²) in [6.07, 6.45) is 5.64. The predicted octanol–water partition coefficient (Wildman–Crippen LogP) is 3.40. The molecule has 3 rings (SSSR count). The predicted molar refractivity (Wildman–Crippen MR) is 88.2 cm³/mol. The van der Waals surface area contributed by atoms with E-state index >= 15 is 0 Å². The van der Waals surface area contributed by atoms with Crippen molar-refractivity contribution in [1.29, 1.82) is 0 Å². The first kappa shape index (κ1) is 14.7. The molecular weight excluding hydrogens is 260 g/mol. The molecule has 116 valence electrons. The van der Waals surface area contributed by atoms with Crippen LogP contribution in [0.15, 0.2) is 24.3 Å². The molecule has 1 aliphatic heterocycles. The first-order valence-electron chi connectivity index (χ1n) is 8.40. The molecule has 3 nitrogen and oxygen atoms in total. The number of benzene rings is 1. The summed E-state index contributed by atoms with van der Waals surface area (Å²) in [6, 6.07) is 9.21. The fourth-order valence-corrected chi connectivity index (χ4v) is 3.95. The summed E-state index contributed by atoms with van der Waals surface area (Å²) in [5, 5.41) is 0. The summed E-state index contributed by atoms with van der Waals surface area (Å²) in [5.41, 5.74) is 1.25. The van der Waals surface area contributed by atoms with Crippen LogP contribution in [0.2, 0.25) is 0 Å². The lowest BCUT2D eigenvalue weighted by Crippen LogP contribution is -2.51. The summed E-state index contributed by atoms with van der Waals surface area (Å²) >= 11 is 0. The van der Waals surface area contributed by atoms with Gasteiger partial charge in [0.15, 0.2) is 0 Å².